The number of ketones is 1. The van der Waals surface area contributed by atoms with Crippen molar-refractivity contribution in [3.05, 3.63) is 11.1 Å². The van der Waals surface area contributed by atoms with Gasteiger partial charge in [-0.15, -0.1) is 0 Å². The average Bonchev–Trinajstić information content (AvgIpc) is 2.47. The molecule has 0 spiro atoms. The number of aliphatic hydroxyl groups is 1. The topological polar surface area (TPSA) is 37.3 Å². The minimum atomic E-state index is -0.959. The second kappa shape index (κ2) is 6.41. The highest BCUT2D eigenvalue weighted by molar-refractivity contribution is 6.43. The molecule has 0 saturated carbocycles. The summed E-state index contributed by atoms with van der Waals surface area (Å²) in [6.45, 7) is 2.19. The molecule has 1 atom stereocenters. The lowest BCUT2D eigenvalue weighted by Crippen LogP contribution is -2.24. The van der Waals surface area contributed by atoms with Gasteiger partial charge in [0.05, 0.1) is 10.6 Å². The highest BCUT2D eigenvalue weighted by Crippen LogP contribution is 2.31. The highest BCUT2D eigenvalue weighted by atomic mass is 35.5. The van der Waals surface area contributed by atoms with E-state index in [0.717, 1.165) is 12.8 Å². The van der Waals surface area contributed by atoms with E-state index in [2.05, 4.69) is 6.92 Å². The van der Waals surface area contributed by atoms with E-state index in [1.807, 2.05) is 0 Å². The number of halogens is 1. The normalized spacial score (nSPS) is 24.9. The van der Waals surface area contributed by atoms with Crippen molar-refractivity contribution >= 4 is 17.4 Å². The van der Waals surface area contributed by atoms with Crippen LogP contribution in [0.15, 0.2) is 11.1 Å². The Morgan fingerprint density at radius 1 is 1.31 bits per heavy atom. The number of rotatable bonds is 7. The molecule has 0 fully saturated rings. The molecule has 92 valence electrons. The van der Waals surface area contributed by atoms with Gasteiger partial charge in [0.1, 0.15) is 0 Å². The van der Waals surface area contributed by atoms with Crippen LogP contribution in [-0.4, -0.2) is 16.5 Å². The molecule has 0 aromatic heterocycles. The summed E-state index contributed by atoms with van der Waals surface area (Å²) >= 11 is 5.68. The SMILES string of the molecule is CCCCCCCCC1(O)C=C(Cl)C(=O)C1. The fourth-order valence-corrected chi connectivity index (χ4v) is 2.37. The second-order valence-corrected chi connectivity index (χ2v) is 5.12. The first kappa shape index (κ1) is 13.7. The van der Waals surface area contributed by atoms with E-state index in [-0.39, 0.29) is 17.2 Å². The van der Waals surface area contributed by atoms with Crippen LogP contribution in [0.3, 0.4) is 0 Å². The maximum Gasteiger partial charge on any atom is 0.177 e. The van der Waals surface area contributed by atoms with Crippen molar-refractivity contribution in [1.29, 1.82) is 0 Å². The van der Waals surface area contributed by atoms with Crippen LogP contribution in [0.2, 0.25) is 0 Å². The summed E-state index contributed by atoms with van der Waals surface area (Å²) in [5, 5.41) is 10.3. The van der Waals surface area contributed by atoms with Crippen LogP contribution in [0, 0.1) is 0 Å². The molecule has 0 bridgehead atoms. The third kappa shape index (κ3) is 4.26. The average molecular weight is 245 g/mol. The molecular formula is C13H21ClO2. The summed E-state index contributed by atoms with van der Waals surface area (Å²) in [7, 11) is 0. The van der Waals surface area contributed by atoms with E-state index in [1.54, 1.807) is 0 Å². The fraction of sp³-hybridized carbons (Fsp3) is 0.769. The Balaban J connectivity index is 2.16. The molecule has 1 unspecified atom stereocenters. The lowest BCUT2D eigenvalue weighted by Gasteiger charge is -2.18. The molecule has 3 heteroatoms. The van der Waals surface area contributed by atoms with E-state index in [0.29, 0.717) is 6.42 Å². The number of unbranched alkanes of at least 4 members (excludes halogenated alkanes) is 5. The molecule has 0 amide bonds. The first-order valence-corrected chi connectivity index (χ1v) is 6.59. The number of hydrogen-bond donors (Lipinski definition) is 1. The van der Waals surface area contributed by atoms with Crippen LogP contribution in [0.4, 0.5) is 0 Å². The number of hydrogen-bond acceptors (Lipinski definition) is 2. The van der Waals surface area contributed by atoms with Gasteiger partial charge in [-0.05, 0) is 12.5 Å². The minimum absolute atomic E-state index is 0.129. The van der Waals surface area contributed by atoms with Crippen LogP contribution in [0.1, 0.15) is 58.3 Å². The second-order valence-electron chi connectivity index (χ2n) is 4.71. The number of carbonyl (C=O) groups excluding carboxylic acids is 1. The summed E-state index contributed by atoms with van der Waals surface area (Å²) in [5.41, 5.74) is -0.959. The van der Waals surface area contributed by atoms with Gasteiger partial charge in [-0.25, -0.2) is 0 Å². The molecular weight excluding hydrogens is 224 g/mol. The van der Waals surface area contributed by atoms with Crippen molar-refractivity contribution in [3.63, 3.8) is 0 Å². The van der Waals surface area contributed by atoms with Crippen LogP contribution in [-0.2, 0) is 4.79 Å². The van der Waals surface area contributed by atoms with Crippen molar-refractivity contribution in [2.75, 3.05) is 0 Å². The molecule has 1 aliphatic rings. The molecule has 0 saturated heterocycles. The van der Waals surface area contributed by atoms with Crippen LogP contribution in [0.5, 0.6) is 0 Å². The summed E-state index contributed by atoms with van der Waals surface area (Å²) in [5.74, 6) is -0.129. The van der Waals surface area contributed by atoms with Crippen LogP contribution >= 0.6 is 11.6 Å². The van der Waals surface area contributed by atoms with Gasteiger partial charge in [0.25, 0.3) is 0 Å². The monoisotopic (exact) mass is 244 g/mol. The molecule has 16 heavy (non-hydrogen) atoms. The zero-order chi connectivity index (χ0) is 12.0. The van der Waals surface area contributed by atoms with Gasteiger partial charge >= 0.3 is 0 Å². The van der Waals surface area contributed by atoms with Crippen molar-refractivity contribution < 1.29 is 9.90 Å². The summed E-state index contributed by atoms with van der Waals surface area (Å²) in [6.07, 6.45) is 9.45. The molecule has 1 N–H and O–H groups in total. The Bertz CT molecular complexity index is 273. The number of Topliss-reactive ketones (excluding diaryl/α,β-unsaturated/α-hetero) is 1. The maximum absolute atomic E-state index is 11.2. The third-order valence-electron chi connectivity index (χ3n) is 3.09. The molecule has 0 aromatic carbocycles. The molecule has 0 aromatic rings. The van der Waals surface area contributed by atoms with Crippen molar-refractivity contribution in [2.24, 2.45) is 0 Å². The lowest BCUT2D eigenvalue weighted by molar-refractivity contribution is -0.116. The molecule has 0 aliphatic heterocycles. The van der Waals surface area contributed by atoms with E-state index in [4.69, 9.17) is 11.6 Å². The van der Waals surface area contributed by atoms with Crippen molar-refractivity contribution in [2.45, 2.75) is 63.9 Å². The summed E-state index contributed by atoms with van der Waals surface area (Å²) in [6, 6.07) is 0. The van der Waals surface area contributed by atoms with E-state index in [9.17, 15) is 9.90 Å². The Hall–Kier alpha value is -0.340. The third-order valence-corrected chi connectivity index (χ3v) is 3.41. The first-order valence-electron chi connectivity index (χ1n) is 6.21. The highest BCUT2D eigenvalue weighted by Gasteiger charge is 2.34. The van der Waals surface area contributed by atoms with Crippen molar-refractivity contribution in [3.8, 4) is 0 Å². The Morgan fingerprint density at radius 2 is 1.94 bits per heavy atom. The first-order chi connectivity index (χ1) is 7.57. The van der Waals surface area contributed by atoms with E-state index >= 15 is 0 Å². The van der Waals surface area contributed by atoms with Gasteiger partial charge in [0.2, 0.25) is 0 Å². The van der Waals surface area contributed by atoms with Gasteiger partial charge in [0.15, 0.2) is 5.78 Å². The minimum Gasteiger partial charge on any atom is -0.385 e. The van der Waals surface area contributed by atoms with Gasteiger partial charge in [-0.2, -0.15) is 0 Å². The lowest BCUT2D eigenvalue weighted by atomic mass is 9.95. The smallest absolute Gasteiger partial charge is 0.177 e. The Morgan fingerprint density at radius 3 is 2.50 bits per heavy atom. The number of carbonyl (C=O) groups is 1. The quantitative estimate of drug-likeness (QED) is 0.696. The zero-order valence-corrected chi connectivity index (χ0v) is 10.7. The maximum atomic E-state index is 11.2. The molecule has 1 rings (SSSR count). The van der Waals surface area contributed by atoms with Gasteiger partial charge < -0.3 is 5.11 Å². The summed E-state index contributed by atoms with van der Waals surface area (Å²) in [4.78, 5) is 11.2. The van der Waals surface area contributed by atoms with E-state index < -0.39 is 5.60 Å². The predicted molar refractivity (Wildman–Crippen MR) is 66.5 cm³/mol. The molecule has 2 nitrogen and oxygen atoms in total. The van der Waals surface area contributed by atoms with Gasteiger partial charge in [0, 0.05) is 6.42 Å². The molecule has 1 aliphatic carbocycles. The summed E-state index contributed by atoms with van der Waals surface area (Å²) < 4.78 is 0. The predicted octanol–water partition coefficient (Wildman–Crippen LogP) is 3.56. The standard InChI is InChI=1S/C13H21ClO2/c1-2-3-4-5-6-7-8-13(16)9-11(14)12(15)10-13/h9,16H,2-8,10H2,1H3. The fourth-order valence-electron chi connectivity index (χ4n) is 2.10. The van der Waals surface area contributed by atoms with Crippen LogP contribution < -0.4 is 0 Å². The largest absolute Gasteiger partial charge is 0.385 e. The Kier molecular flexibility index (Phi) is 5.50. The molecule has 0 heterocycles. The van der Waals surface area contributed by atoms with Gasteiger partial charge in [-0.3, -0.25) is 4.79 Å². The van der Waals surface area contributed by atoms with Crippen LogP contribution in [0.25, 0.3) is 0 Å². The number of allylic oxidation sites excluding steroid dienone is 1. The molecule has 0 radical (unpaired) electrons. The van der Waals surface area contributed by atoms with Crippen molar-refractivity contribution in [1.82, 2.24) is 0 Å². The van der Waals surface area contributed by atoms with E-state index in [1.165, 1.54) is 31.8 Å². The van der Waals surface area contributed by atoms with Gasteiger partial charge in [-0.1, -0.05) is 57.0 Å². The zero-order valence-electron chi connectivity index (χ0n) is 9.97. The Labute approximate surface area is 103 Å².